The molecule has 260 valence electrons. The molecule has 1 atom stereocenters. The minimum atomic E-state index is -0.744. The molecule has 2 aromatic carbocycles. The summed E-state index contributed by atoms with van der Waals surface area (Å²) in [6, 6.07) is 15.6. The summed E-state index contributed by atoms with van der Waals surface area (Å²) in [5, 5.41) is 0. The third kappa shape index (κ3) is 8.69. The van der Waals surface area contributed by atoms with E-state index in [-0.39, 0.29) is 12.7 Å². The van der Waals surface area contributed by atoms with Crippen LogP contribution < -0.4 is 9.47 Å². The fourth-order valence-electron chi connectivity index (χ4n) is 6.43. The number of hydrogen-bond acceptors (Lipinski definition) is 10. The van der Waals surface area contributed by atoms with Gasteiger partial charge in [0.25, 0.3) is 0 Å². The highest BCUT2D eigenvalue weighted by atomic mass is 16.6. The third-order valence-electron chi connectivity index (χ3n) is 8.97. The number of methoxy groups -OCH3 is 3. The average Bonchev–Trinajstić information content (AvgIpc) is 3.11. The average molecular weight is 664 g/mol. The molecule has 1 amide bonds. The van der Waals surface area contributed by atoms with E-state index in [2.05, 4.69) is 17.0 Å². The van der Waals surface area contributed by atoms with Gasteiger partial charge in [0.2, 0.25) is 0 Å². The Bertz CT molecular complexity index is 1480. The van der Waals surface area contributed by atoms with Crippen LogP contribution in [-0.2, 0) is 30.2 Å². The number of esters is 2. The Labute approximate surface area is 284 Å². The first-order chi connectivity index (χ1) is 23.2. The summed E-state index contributed by atoms with van der Waals surface area (Å²) in [5.74, 6) is -0.726. The van der Waals surface area contributed by atoms with E-state index in [0.717, 1.165) is 43.9 Å². The number of ether oxygens (including phenoxy) is 5. The van der Waals surface area contributed by atoms with Crippen molar-refractivity contribution in [2.45, 2.75) is 46.0 Å². The van der Waals surface area contributed by atoms with Crippen LogP contribution in [0, 0.1) is 0 Å². The second-order valence-electron chi connectivity index (χ2n) is 11.8. The lowest BCUT2D eigenvalue weighted by molar-refractivity contribution is -0.140. The molecule has 11 heteroatoms. The lowest BCUT2D eigenvalue weighted by Gasteiger charge is -2.38. The Balaban J connectivity index is 1.57. The first-order valence-corrected chi connectivity index (χ1v) is 16.6. The predicted molar refractivity (Wildman–Crippen MR) is 182 cm³/mol. The van der Waals surface area contributed by atoms with Crippen LogP contribution in [0.15, 0.2) is 71.1 Å². The maximum Gasteiger partial charge on any atom is 0.409 e. The van der Waals surface area contributed by atoms with Gasteiger partial charge in [-0.2, -0.15) is 0 Å². The van der Waals surface area contributed by atoms with E-state index in [4.69, 9.17) is 23.7 Å². The molecule has 0 aromatic heterocycles. The Kier molecular flexibility index (Phi) is 13.3. The maximum atomic E-state index is 14.1. The fraction of sp³-hybridized carbons (Fsp3) is 0.486. The molecule has 2 aliphatic heterocycles. The van der Waals surface area contributed by atoms with Crippen molar-refractivity contribution in [1.29, 1.82) is 0 Å². The van der Waals surface area contributed by atoms with Crippen molar-refractivity contribution in [3.8, 4) is 11.5 Å². The molecule has 0 spiro atoms. The summed E-state index contributed by atoms with van der Waals surface area (Å²) < 4.78 is 27.4. The summed E-state index contributed by atoms with van der Waals surface area (Å²) in [7, 11) is 4.46. The Morgan fingerprint density at radius 3 is 2.06 bits per heavy atom. The number of rotatable bonds is 14. The van der Waals surface area contributed by atoms with Crippen LogP contribution in [0.5, 0.6) is 11.5 Å². The first kappa shape index (κ1) is 36.3. The van der Waals surface area contributed by atoms with Gasteiger partial charge in [-0.1, -0.05) is 36.4 Å². The van der Waals surface area contributed by atoms with Gasteiger partial charge in [0.1, 0.15) is 0 Å². The maximum absolute atomic E-state index is 14.1. The zero-order chi connectivity index (χ0) is 34.6. The fourth-order valence-corrected chi connectivity index (χ4v) is 6.43. The van der Waals surface area contributed by atoms with Crippen LogP contribution >= 0.6 is 0 Å². The zero-order valence-electron chi connectivity index (χ0n) is 29.1. The molecule has 1 saturated heterocycles. The SMILES string of the molecule is CCOC(=O)N1CCN(CCCOC(=O)C2=C(C)N(CCCc3ccccc3)C(C)=C(C(=O)OC)C2c2ccc(OC)c(OC)c2)CC1. The second kappa shape index (κ2) is 17.6. The molecule has 0 bridgehead atoms. The van der Waals surface area contributed by atoms with Crippen molar-refractivity contribution in [2.24, 2.45) is 0 Å². The normalized spacial score (nSPS) is 16.9. The summed E-state index contributed by atoms with van der Waals surface area (Å²) in [5.41, 5.74) is 4.12. The molecule has 1 fully saturated rings. The van der Waals surface area contributed by atoms with Crippen molar-refractivity contribution < 1.29 is 38.1 Å². The standard InChI is InChI=1S/C37H49N3O8/c1-7-47-37(43)39-22-20-38(21-23-39)18-12-24-48-36(42)33-27(3)40(19-11-15-28-13-9-8-10-14-28)26(2)32(35(41)46-6)34(33)29-16-17-30(44-4)31(25-29)45-5/h8-10,13-14,16-17,25,34H,7,11-12,15,18-24H2,1-6H3. The zero-order valence-corrected chi connectivity index (χ0v) is 29.1. The quantitative estimate of drug-likeness (QED) is 0.153. The van der Waals surface area contributed by atoms with Gasteiger partial charge < -0.3 is 33.5 Å². The number of nitrogens with zero attached hydrogens (tertiary/aromatic N) is 3. The summed E-state index contributed by atoms with van der Waals surface area (Å²) in [6.45, 7) is 10.1. The molecule has 0 radical (unpaired) electrons. The molecule has 2 heterocycles. The van der Waals surface area contributed by atoms with Crippen LogP contribution in [0.3, 0.4) is 0 Å². The van der Waals surface area contributed by atoms with E-state index in [1.807, 2.05) is 43.0 Å². The van der Waals surface area contributed by atoms with Crippen molar-refractivity contribution in [3.63, 3.8) is 0 Å². The number of hydrogen-bond donors (Lipinski definition) is 0. The Hall–Kier alpha value is -4.51. The number of benzene rings is 2. The van der Waals surface area contributed by atoms with E-state index in [9.17, 15) is 14.4 Å². The summed E-state index contributed by atoms with van der Waals surface area (Å²) >= 11 is 0. The van der Waals surface area contributed by atoms with E-state index >= 15 is 0 Å². The van der Waals surface area contributed by atoms with Crippen molar-refractivity contribution in [2.75, 3.05) is 73.8 Å². The largest absolute Gasteiger partial charge is 0.493 e. The van der Waals surface area contributed by atoms with Gasteiger partial charge in [-0.15, -0.1) is 0 Å². The van der Waals surface area contributed by atoms with Gasteiger partial charge in [-0.25, -0.2) is 14.4 Å². The topological polar surface area (TPSA) is 107 Å². The minimum absolute atomic E-state index is 0.205. The van der Waals surface area contributed by atoms with Crippen LogP contribution in [0.2, 0.25) is 0 Å². The summed E-state index contributed by atoms with van der Waals surface area (Å²) in [4.78, 5) is 45.6. The number of piperazine rings is 1. The molecule has 11 nitrogen and oxygen atoms in total. The molecule has 1 unspecified atom stereocenters. The summed E-state index contributed by atoms with van der Waals surface area (Å²) in [6.07, 6.45) is 1.99. The van der Waals surface area contributed by atoms with Gasteiger partial charge in [-0.3, -0.25) is 4.90 Å². The van der Waals surface area contributed by atoms with Crippen LogP contribution in [0.25, 0.3) is 0 Å². The Morgan fingerprint density at radius 1 is 0.771 bits per heavy atom. The molecule has 0 saturated carbocycles. The van der Waals surface area contributed by atoms with E-state index in [0.29, 0.717) is 60.9 Å². The van der Waals surface area contributed by atoms with Crippen LogP contribution in [0.1, 0.15) is 50.7 Å². The van der Waals surface area contributed by atoms with Crippen molar-refractivity contribution in [3.05, 3.63) is 82.2 Å². The number of carbonyl (C=O) groups is 3. The van der Waals surface area contributed by atoms with Gasteiger partial charge in [0.15, 0.2) is 11.5 Å². The highest BCUT2D eigenvalue weighted by molar-refractivity contribution is 6.00. The first-order valence-electron chi connectivity index (χ1n) is 16.6. The smallest absolute Gasteiger partial charge is 0.409 e. The Morgan fingerprint density at radius 2 is 1.44 bits per heavy atom. The number of amides is 1. The molecular formula is C37H49N3O8. The van der Waals surface area contributed by atoms with E-state index < -0.39 is 17.9 Å². The molecule has 2 aliphatic rings. The molecular weight excluding hydrogens is 614 g/mol. The predicted octanol–water partition coefficient (Wildman–Crippen LogP) is 5.16. The van der Waals surface area contributed by atoms with Gasteiger partial charge >= 0.3 is 18.0 Å². The van der Waals surface area contributed by atoms with Crippen LogP contribution in [0.4, 0.5) is 4.79 Å². The van der Waals surface area contributed by atoms with Gasteiger partial charge in [0, 0.05) is 50.7 Å². The molecule has 4 rings (SSSR count). The number of aryl methyl sites for hydroxylation is 1. The molecule has 48 heavy (non-hydrogen) atoms. The van der Waals surface area contributed by atoms with E-state index in [1.54, 1.807) is 38.2 Å². The molecule has 2 aromatic rings. The van der Waals surface area contributed by atoms with Crippen molar-refractivity contribution in [1.82, 2.24) is 14.7 Å². The second-order valence-corrected chi connectivity index (χ2v) is 11.8. The highest BCUT2D eigenvalue weighted by Gasteiger charge is 2.40. The monoisotopic (exact) mass is 663 g/mol. The van der Waals surface area contributed by atoms with Gasteiger partial charge in [-0.05, 0) is 63.3 Å². The molecule has 0 N–H and O–H groups in total. The lowest BCUT2D eigenvalue weighted by Crippen LogP contribution is -2.49. The van der Waals surface area contributed by atoms with Gasteiger partial charge in [0.05, 0.1) is 51.6 Å². The third-order valence-corrected chi connectivity index (χ3v) is 8.97. The molecule has 0 aliphatic carbocycles. The minimum Gasteiger partial charge on any atom is -0.493 e. The van der Waals surface area contributed by atoms with Crippen molar-refractivity contribution >= 4 is 18.0 Å². The van der Waals surface area contributed by atoms with Crippen LogP contribution in [-0.4, -0.2) is 107 Å². The highest BCUT2D eigenvalue weighted by Crippen LogP contribution is 2.44. The number of carbonyl (C=O) groups excluding carboxylic acids is 3. The number of allylic oxidation sites excluding steroid dienone is 2. The lowest BCUT2D eigenvalue weighted by atomic mass is 9.79. The van der Waals surface area contributed by atoms with E-state index in [1.165, 1.54) is 12.7 Å².